The molecule has 1 N–H and O–H groups in total. The summed E-state index contributed by atoms with van der Waals surface area (Å²) >= 11 is 0. The van der Waals surface area contributed by atoms with Crippen molar-refractivity contribution in [3.05, 3.63) is 124 Å². The third-order valence-corrected chi connectivity index (χ3v) is 6.99. The fourth-order valence-corrected chi connectivity index (χ4v) is 5.35. The molecular weight excluding hydrogens is 440 g/mol. The maximum Gasteiger partial charge on any atom is 0.345 e. The molecule has 172 valence electrons. The SMILES string of the molecule is O=C(Oc1ccc2ccccc2c1)c1cccc2c1N[C@H](c1cccc([N+](=O)[O-])c1)[C@@H]1CC=C[C@H]21. The normalized spacial score (nSPS) is 20.1. The first-order valence-electron chi connectivity index (χ1n) is 11.6. The summed E-state index contributed by atoms with van der Waals surface area (Å²) in [6.45, 7) is 0. The summed E-state index contributed by atoms with van der Waals surface area (Å²) in [5.41, 5.74) is 3.11. The Morgan fingerprint density at radius 3 is 2.63 bits per heavy atom. The molecular formula is C29H22N2O4. The van der Waals surface area contributed by atoms with E-state index in [0.29, 0.717) is 11.3 Å². The Labute approximate surface area is 202 Å². The minimum Gasteiger partial charge on any atom is -0.423 e. The second-order valence-electron chi connectivity index (χ2n) is 9.00. The van der Waals surface area contributed by atoms with Crippen LogP contribution in [0.3, 0.4) is 0 Å². The lowest BCUT2D eigenvalue weighted by Gasteiger charge is -2.38. The van der Waals surface area contributed by atoms with E-state index in [4.69, 9.17) is 4.74 Å². The van der Waals surface area contributed by atoms with Gasteiger partial charge in [-0.15, -0.1) is 0 Å². The van der Waals surface area contributed by atoms with Gasteiger partial charge in [0.1, 0.15) is 5.75 Å². The van der Waals surface area contributed by atoms with Crippen LogP contribution < -0.4 is 10.1 Å². The Morgan fingerprint density at radius 2 is 1.77 bits per heavy atom. The number of carbonyl (C=O) groups is 1. The molecule has 4 aromatic rings. The number of nitrogens with one attached hydrogen (secondary N) is 1. The topological polar surface area (TPSA) is 81.5 Å². The van der Waals surface area contributed by atoms with E-state index in [1.807, 2.05) is 54.6 Å². The molecule has 0 fully saturated rings. The van der Waals surface area contributed by atoms with Gasteiger partial charge in [-0.2, -0.15) is 0 Å². The summed E-state index contributed by atoms with van der Waals surface area (Å²) < 4.78 is 5.79. The van der Waals surface area contributed by atoms with Crippen LogP contribution in [-0.2, 0) is 0 Å². The van der Waals surface area contributed by atoms with Gasteiger partial charge in [0.05, 0.1) is 22.2 Å². The summed E-state index contributed by atoms with van der Waals surface area (Å²) in [6.07, 6.45) is 5.18. The molecule has 6 nitrogen and oxygen atoms in total. The van der Waals surface area contributed by atoms with Crippen LogP contribution in [0.4, 0.5) is 11.4 Å². The molecule has 6 rings (SSSR count). The van der Waals surface area contributed by atoms with Crippen molar-refractivity contribution in [2.24, 2.45) is 5.92 Å². The van der Waals surface area contributed by atoms with Gasteiger partial charge in [-0.1, -0.05) is 66.7 Å². The number of nitrogens with zero attached hydrogens (tertiary/aromatic N) is 1. The van der Waals surface area contributed by atoms with E-state index < -0.39 is 5.97 Å². The number of anilines is 1. The van der Waals surface area contributed by atoms with Gasteiger partial charge >= 0.3 is 5.97 Å². The van der Waals surface area contributed by atoms with E-state index in [2.05, 4.69) is 17.5 Å². The molecule has 0 spiro atoms. The number of hydrogen-bond acceptors (Lipinski definition) is 5. The van der Waals surface area contributed by atoms with Gasteiger partial charge in [-0.05, 0) is 52.4 Å². The van der Waals surface area contributed by atoms with Crippen molar-refractivity contribution in [1.82, 2.24) is 0 Å². The molecule has 2 aliphatic rings. The minimum absolute atomic E-state index is 0.0570. The van der Waals surface area contributed by atoms with Gasteiger partial charge in [-0.3, -0.25) is 10.1 Å². The van der Waals surface area contributed by atoms with Crippen LogP contribution >= 0.6 is 0 Å². The quantitative estimate of drug-likeness (QED) is 0.119. The number of nitro groups is 1. The summed E-state index contributed by atoms with van der Waals surface area (Å²) in [6, 6.07) is 25.7. The number of carbonyl (C=O) groups excluding carboxylic acids is 1. The smallest absolute Gasteiger partial charge is 0.345 e. The number of para-hydroxylation sites is 1. The lowest BCUT2D eigenvalue weighted by atomic mass is 9.76. The van der Waals surface area contributed by atoms with Crippen LogP contribution in [0, 0.1) is 16.0 Å². The van der Waals surface area contributed by atoms with Gasteiger partial charge in [0.2, 0.25) is 0 Å². The van der Waals surface area contributed by atoms with Crippen LogP contribution in [0.1, 0.15) is 39.9 Å². The summed E-state index contributed by atoms with van der Waals surface area (Å²) in [4.78, 5) is 24.3. The third kappa shape index (κ3) is 3.73. The molecule has 6 heteroatoms. The highest BCUT2D eigenvalue weighted by Crippen LogP contribution is 2.51. The van der Waals surface area contributed by atoms with E-state index in [1.165, 1.54) is 6.07 Å². The Morgan fingerprint density at radius 1 is 0.943 bits per heavy atom. The van der Waals surface area contributed by atoms with Crippen molar-refractivity contribution in [2.45, 2.75) is 18.4 Å². The van der Waals surface area contributed by atoms with E-state index in [0.717, 1.165) is 34.0 Å². The molecule has 0 aromatic heterocycles. The number of fused-ring (bicyclic) bond motifs is 4. The Bertz CT molecular complexity index is 1510. The number of non-ortho nitro benzene ring substituents is 1. The number of ether oxygens (including phenoxy) is 1. The molecule has 1 aliphatic carbocycles. The number of nitro benzene ring substituents is 1. The second-order valence-corrected chi connectivity index (χ2v) is 9.00. The Balaban J connectivity index is 1.36. The fourth-order valence-electron chi connectivity index (χ4n) is 5.35. The van der Waals surface area contributed by atoms with Gasteiger partial charge in [-0.25, -0.2) is 4.79 Å². The summed E-state index contributed by atoms with van der Waals surface area (Å²) in [7, 11) is 0. The van der Waals surface area contributed by atoms with E-state index in [-0.39, 0.29) is 28.5 Å². The lowest BCUT2D eigenvalue weighted by molar-refractivity contribution is -0.384. The second kappa shape index (κ2) is 8.40. The predicted octanol–water partition coefficient (Wildman–Crippen LogP) is 6.79. The minimum atomic E-state index is -0.442. The number of allylic oxidation sites excluding steroid dienone is 2. The summed E-state index contributed by atoms with van der Waals surface area (Å²) in [5, 5.41) is 17.0. The van der Waals surface area contributed by atoms with Crippen LogP contribution in [-0.4, -0.2) is 10.9 Å². The molecule has 0 amide bonds. The molecule has 0 radical (unpaired) electrons. The first kappa shape index (κ1) is 21.1. The van der Waals surface area contributed by atoms with E-state index >= 15 is 0 Å². The van der Waals surface area contributed by atoms with Crippen molar-refractivity contribution in [3.63, 3.8) is 0 Å². The lowest BCUT2D eigenvalue weighted by Crippen LogP contribution is -2.30. The van der Waals surface area contributed by atoms with Gasteiger partial charge in [0.25, 0.3) is 5.69 Å². The molecule has 35 heavy (non-hydrogen) atoms. The molecule has 0 bridgehead atoms. The Hall–Kier alpha value is -4.45. The average molecular weight is 463 g/mol. The van der Waals surface area contributed by atoms with Crippen molar-refractivity contribution in [3.8, 4) is 5.75 Å². The molecule has 4 aromatic carbocycles. The molecule has 1 aliphatic heterocycles. The van der Waals surface area contributed by atoms with Crippen molar-refractivity contribution in [2.75, 3.05) is 5.32 Å². The van der Waals surface area contributed by atoms with Gasteiger partial charge < -0.3 is 10.1 Å². The van der Waals surface area contributed by atoms with Gasteiger partial charge in [0.15, 0.2) is 0 Å². The van der Waals surface area contributed by atoms with Crippen LogP contribution in [0.25, 0.3) is 10.8 Å². The fraction of sp³-hybridized carbons (Fsp3) is 0.138. The highest BCUT2D eigenvalue weighted by atomic mass is 16.6. The van der Waals surface area contributed by atoms with Gasteiger partial charge in [0, 0.05) is 18.1 Å². The third-order valence-electron chi connectivity index (χ3n) is 6.99. The first-order valence-corrected chi connectivity index (χ1v) is 11.6. The zero-order valence-corrected chi connectivity index (χ0v) is 18.8. The molecule has 3 atom stereocenters. The van der Waals surface area contributed by atoms with Crippen molar-refractivity contribution < 1.29 is 14.5 Å². The van der Waals surface area contributed by atoms with E-state index in [1.54, 1.807) is 24.3 Å². The number of hydrogen-bond donors (Lipinski definition) is 1. The monoisotopic (exact) mass is 462 g/mol. The zero-order valence-electron chi connectivity index (χ0n) is 18.8. The number of rotatable bonds is 4. The van der Waals surface area contributed by atoms with Crippen LogP contribution in [0.15, 0.2) is 97.1 Å². The maximum atomic E-state index is 13.3. The molecule has 0 saturated heterocycles. The van der Waals surface area contributed by atoms with Crippen molar-refractivity contribution >= 4 is 28.1 Å². The zero-order chi connectivity index (χ0) is 23.9. The van der Waals surface area contributed by atoms with Crippen LogP contribution in [0.5, 0.6) is 5.75 Å². The maximum absolute atomic E-state index is 13.3. The largest absolute Gasteiger partial charge is 0.423 e. The molecule has 1 heterocycles. The highest BCUT2D eigenvalue weighted by molar-refractivity contribution is 5.98. The number of esters is 1. The predicted molar refractivity (Wildman–Crippen MR) is 135 cm³/mol. The Kier molecular flexibility index (Phi) is 5.07. The standard InChI is InChI=1S/C29H22N2O4/c32-29(35-22-15-14-18-6-1-2-7-19(18)17-22)26-13-5-12-25-23-10-4-11-24(23)27(30-28(25)26)20-8-3-9-21(16-20)31(33)34/h1-10,12-17,23-24,27,30H,11H2/t23-,24+,27+/m0/s1. The van der Waals surface area contributed by atoms with Crippen molar-refractivity contribution in [1.29, 1.82) is 0 Å². The first-order chi connectivity index (χ1) is 17.1. The molecule has 0 saturated carbocycles. The molecule has 0 unspecified atom stereocenters. The van der Waals surface area contributed by atoms with E-state index in [9.17, 15) is 14.9 Å². The average Bonchev–Trinajstić information content (AvgIpc) is 3.38. The summed E-state index contributed by atoms with van der Waals surface area (Å²) in [5.74, 6) is 0.360. The van der Waals surface area contributed by atoms with Crippen LogP contribution in [0.2, 0.25) is 0 Å². The highest BCUT2D eigenvalue weighted by Gasteiger charge is 2.39. The number of benzene rings is 4.